The van der Waals surface area contributed by atoms with Crippen molar-refractivity contribution < 1.29 is 18.0 Å². The van der Waals surface area contributed by atoms with Crippen LogP contribution in [0.5, 0.6) is 0 Å². The lowest BCUT2D eigenvalue weighted by Gasteiger charge is -2.14. The number of aryl methyl sites for hydroxylation is 1. The zero-order valence-electron chi connectivity index (χ0n) is 12.8. The van der Waals surface area contributed by atoms with Gasteiger partial charge in [-0.15, -0.1) is 0 Å². The van der Waals surface area contributed by atoms with E-state index >= 15 is 0 Å². The van der Waals surface area contributed by atoms with Gasteiger partial charge in [-0.1, -0.05) is 19.6 Å². The third kappa shape index (κ3) is 4.31. The maximum atomic E-state index is 13.1. The quantitative estimate of drug-likeness (QED) is 0.812. The van der Waals surface area contributed by atoms with Crippen LogP contribution in [0.4, 0.5) is 30.4 Å². The van der Waals surface area contributed by atoms with Gasteiger partial charge in [0.2, 0.25) is 5.91 Å². The Balaban J connectivity index is 2.35. The lowest BCUT2D eigenvalue weighted by atomic mass is 10.2. The minimum atomic E-state index is -4.58. The van der Waals surface area contributed by atoms with Gasteiger partial charge in [-0.05, 0) is 24.3 Å². The van der Waals surface area contributed by atoms with E-state index in [2.05, 4.69) is 27.2 Å². The van der Waals surface area contributed by atoms with Gasteiger partial charge in [-0.2, -0.15) is 13.2 Å². The minimum absolute atomic E-state index is 0.293. The van der Waals surface area contributed by atoms with Gasteiger partial charge >= 0.3 is 6.18 Å². The molecule has 8 heteroatoms. The number of rotatable bonds is 5. The fraction of sp³-hybridized carbons (Fsp3) is 0.188. The first-order valence-corrected chi connectivity index (χ1v) is 7.07. The maximum absolute atomic E-state index is 13.1. The van der Waals surface area contributed by atoms with E-state index < -0.39 is 17.6 Å². The van der Waals surface area contributed by atoms with Crippen molar-refractivity contribution in [3.05, 3.63) is 54.5 Å². The van der Waals surface area contributed by atoms with Crippen LogP contribution in [0.25, 0.3) is 0 Å². The summed E-state index contributed by atoms with van der Waals surface area (Å²) >= 11 is 0. The molecule has 5 nitrogen and oxygen atoms in total. The molecular weight excluding hydrogens is 321 g/mol. The first-order valence-electron chi connectivity index (χ1n) is 7.07. The van der Waals surface area contributed by atoms with Crippen LogP contribution >= 0.6 is 0 Å². The first kappa shape index (κ1) is 17.5. The molecule has 1 heterocycles. The summed E-state index contributed by atoms with van der Waals surface area (Å²) < 4.78 is 39.3. The van der Waals surface area contributed by atoms with Crippen molar-refractivity contribution in [3.8, 4) is 0 Å². The summed E-state index contributed by atoms with van der Waals surface area (Å²) in [6.45, 7) is 5.08. The fourth-order valence-corrected chi connectivity index (χ4v) is 1.90. The second kappa shape index (κ2) is 7.12. The molecule has 1 aromatic carbocycles. The second-order valence-electron chi connectivity index (χ2n) is 4.80. The van der Waals surface area contributed by atoms with Gasteiger partial charge in [0.15, 0.2) is 0 Å². The van der Waals surface area contributed by atoms with Crippen molar-refractivity contribution in [2.24, 2.45) is 0 Å². The average molecular weight is 336 g/mol. The largest absolute Gasteiger partial charge is 0.421 e. The lowest BCUT2D eigenvalue weighted by Crippen LogP contribution is -2.13. The number of halogens is 3. The smallest absolute Gasteiger partial charge is 0.340 e. The normalized spacial score (nSPS) is 11.0. The Kier molecular flexibility index (Phi) is 5.18. The van der Waals surface area contributed by atoms with Crippen LogP contribution in [-0.2, 0) is 17.4 Å². The molecule has 126 valence electrons. The molecule has 2 aromatic rings. The summed E-state index contributed by atoms with van der Waals surface area (Å²) in [5.74, 6) is -0.457. The highest BCUT2D eigenvalue weighted by Gasteiger charge is 2.35. The van der Waals surface area contributed by atoms with Gasteiger partial charge in [0.25, 0.3) is 0 Å². The molecule has 0 fully saturated rings. The van der Waals surface area contributed by atoms with Crippen LogP contribution in [0.15, 0.2) is 43.1 Å². The molecule has 0 unspecified atom stereocenters. The molecule has 0 spiro atoms. The molecule has 2 N–H and O–H groups in total. The molecule has 0 atom stereocenters. The number of hydrogen-bond donors (Lipinski definition) is 2. The number of hydrogen-bond acceptors (Lipinski definition) is 4. The Hall–Kier alpha value is -2.90. The van der Waals surface area contributed by atoms with Crippen LogP contribution in [0.2, 0.25) is 0 Å². The number of carbonyl (C=O) groups excluding carboxylic acids is 1. The number of amides is 1. The zero-order chi connectivity index (χ0) is 17.7. The van der Waals surface area contributed by atoms with E-state index in [1.54, 1.807) is 25.1 Å². The van der Waals surface area contributed by atoms with E-state index in [0.717, 1.165) is 12.3 Å². The molecule has 0 saturated heterocycles. The molecule has 0 bridgehead atoms. The highest BCUT2D eigenvalue weighted by Crippen LogP contribution is 2.34. The van der Waals surface area contributed by atoms with Crippen LogP contribution < -0.4 is 10.6 Å². The number of benzene rings is 1. The molecule has 0 aliphatic rings. The number of nitrogens with zero attached hydrogens (tertiary/aromatic N) is 2. The number of carbonyl (C=O) groups is 1. The molecule has 0 saturated carbocycles. The van der Waals surface area contributed by atoms with Crippen LogP contribution in [-0.4, -0.2) is 15.9 Å². The molecular formula is C16H15F3N4O. The van der Waals surface area contributed by atoms with E-state index in [-0.39, 0.29) is 5.82 Å². The second-order valence-corrected chi connectivity index (χ2v) is 4.80. The topological polar surface area (TPSA) is 66.9 Å². The molecule has 0 aliphatic heterocycles. The van der Waals surface area contributed by atoms with Gasteiger partial charge in [0.05, 0.1) is 0 Å². The van der Waals surface area contributed by atoms with E-state index in [9.17, 15) is 18.0 Å². The maximum Gasteiger partial charge on any atom is 0.421 e. The zero-order valence-corrected chi connectivity index (χ0v) is 12.8. The van der Waals surface area contributed by atoms with Crippen LogP contribution in [0.1, 0.15) is 18.3 Å². The Labute approximate surface area is 136 Å². The van der Waals surface area contributed by atoms with Crippen molar-refractivity contribution in [2.75, 3.05) is 10.6 Å². The van der Waals surface area contributed by atoms with Crippen molar-refractivity contribution in [1.29, 1.82) is 0 Å². The standard InChI is InChI=1S/C16H15F3N4O/c1-3-13-20-9-12(16(17,18)19)15(23-13)22-11-7-5-6-10(8-11)21-14(24)4-2/h4-9H,2-3H2,1H3,(H,21,24)(H,20,22,23). The molecule has 24 heavy (non-hydrogen) atoms. The van der Waals surface area contributed by atoms with E-state index in [4.69, 9.17) is 0 Å². The molecule has 1 aromatic heterocycles. The Morgan fingerprint density at radius 1 is 1.33 bits per heavy atom. The third-order valence-electron chi connectivity index (χ3n) is 3.04. The van der Waals surface area contributed by atoms with E-state index in [0.29, 0.717) is 23.6 Å². The fourth-order valence-electron chi connectivity index (χ4n) is 1.90. The Morgan fingerprint density at radius 2 is 2.04 bits per heavy atom. The van der Waals surface area contributed by atoms with Gasteiger partial charge in [-0.25, -0.2) is 9.97 Å². The Morgan fingerprint density at radius 3 is 2.67 bits per heavy atom. The first-order chi connectivity index (χ1) is 11.3. The van der Waals surface area contributed by atoms with Crippen molar-refractivity contribution in [1.82, 2.24) is 9.97 Å². The van der Waals surface area contributed by atoms with E-state index in [1.807, 2.05) is 0 Å². The summed E-state index contributed by atoms with van der Waals surface area (Å²) in [7, 11) is 0. The number of anilines is 3. The number of aromatic nitrogens is 2. The van der Waals surface area contributed by atoms with Crippen molar-refractivity contribution >= 4 is 23.1 Å². The summed E-state index contributed by atoms with van der Waals surface area (Å²) in [5.41, 5.74) is -0.188. The van der Waals surface area contributed by atoms with Crippen molar-refractivity contribution in [2.45, 2.75) is 19.5 Å². The highest BCUT2D eigenvalue weighted by atomic mass is 19.4. The SMILES string of the molecule is C=CC(=O)Nc1cccc(Nc2nc(CC)ncc2C(F)(F)F)c1. The minimum Gasteiger partial charge on any atom is -0.340 e. The number of nitrogens with one attached hydrogen (secondary N) is 2. The molecule has 1 amide bonds. The van der Waals surface area contributed by atoms with Crippen molar-refractivity contribution in [3.63, 3.8) is 0 Å². The predicted molar refractivity (Wildman–Crippen MR) is 85.0 cm³/mol. The summed E-state index contributed by atoms with van der Waals surface area (Å²) in [4.78, 5) is 18.9. The number of alkyl halides is 3. The highest BCUT2D eigenvalue weighted by molar-refractivity contribution is 5.99. The molecule has 0 aliphatic carbocycles. The summed E-state index contributed by atoms with van der Waals surface area (Å²) in [5, 5.41) is 5.17. The van der Waals surface area contributed by atoms with E-state index in [1.165, 1.54) is 6.07 Å². The Bertz CT molecular complexity index is 759. The summed E-state index contributed by atoms with van der Waals surface area (Å²) in [6, 6.07) is 6.26. The van der Waals surface area contributed by atoms with Crippen LogP contribution in [0.3, 0.4) is 0 Å². The predicted octanol–water partition coefficient (Wildman–Crippen LogP) is 3.93. The van der Waals surface area contributed by atoms with Gasteiger partial charge in [-0.3, -0.25) is 4.79 Å². The van der Waals surface area contributed by atoms with Gasteiger partial charge in [0.1, 0.15) is 17.2 Å². The molecule has 2 rings (SSSR count). The molecule has 0 radical (unpaired) electrons. The monoisotopic (exact) mass is 336 g/mol. The van der Waals surface area contributed by atoms with Crippen LogP contribution in [0, 0.1) is 0 Å². The summed E-state index contributed by atoms with van der Waals surface area (Å²) in [6.07, 6.45) is -2.32. The van der Waals surface area contributed by atoms with Gasteiger partial charge in [0, 0.05) is 24.0 Å². The van der Waals surface area contributed by atoms with Gasteiger partial charge < -0.3 is 10.6 Å². The average Bonchev–Trinajstić information content (AvgIpc) is 2.53. The lowest BCUT2D eigenvalue weighted by molar-refractivity contribution is -0.137. The third-order valence-corrected chi connectivity index (χ3v) is 3.04.